The van der Waals surface area contributed by atoms with E-state index in [1.54, 1.807) is 12.1 Å². The Morgan fingerprint density at radius 1 is 1.07 bits per heavy atom. The van der Waals surface area contributed by atoms with Crippen molar-refractivity contribution in [1.82, 2.24) is 14.6 Å². The van der Waals surface area contributed by atoms with Crippen molar-refractivity contribution >= 4 is 17.3 Å². The van der Waals surface area contributed by atoms with Crippen LogP contribution < -0.4 is 10.1 Å². The Labute approximate surface area is 170 Å². The number of ether oxygens (including phenoxy) is 1. The van der Waals surface area contributed by atoms with Gasteiger partial charge in [-0.1, -0.05) is 6.07 Å². The molecule has 29 heavy (non-hydrogen) atoms. The third kappa shape index (κ3) is 4.26. The van der Waals surface area contributed by atoms with E-state index in [-0.39, 0.29) is 17.9 Å². The molecule has 2 aromatic heterocycles. The summed E-state index contributed by atoms with van der Waals surface area (Å²) in [5.41, 5.74) is 2.31. The van der Waals surface area contributed by atoms with E-state index < -0.39 is 0 Å². The minimum atomic E-state index is -0.0648. The summed E-state index contributed by atoms with van der Waals surface area (Å²) < 4.78 is 7.36. The highest BCUT2D eigenvalue weighted by atomic mass is 16.5. The van der Waals surface area contributed by atoms with Crippen molar-refractivity contribution in [2.24, 2.45) is 0 Å². The summed E-state index contributed by atoms with van der Waals surface area (Å²) in [5, 5.41) is 3.11. The van der Waals surface area contributed by atoms with Crippen molar-refractivity contribution in [3.8, 4) is 5.75 Å². The molecular formula is C23H25N3O3. The number of rotatable bonds is 5. The van der Waals surface area contributed by atoms with Gasteiger partial charge in [0.25, 0.3) is 11.8 Å². The summed E-state index contributed by atoms with van der Waals surface area (Å²) in [5.74, 6) is 0.727. The Morgan fingerprint density at radius 2 is 1.83 bits per heavy atom. The standard InChI is InChI=1S/C23H25N3O3/c1-2-29-21-8-6-17(7-9-21)23(28)25-13-10-19(11-14-25)24-22(27)18-15-20-5-3-4-12-26(20)16-18/h3-9,12,15-16,19H,2,10-11,13-14H2,1H3,(H,24,27). The Hall–Kier alpha value is -3.28. The van der Waals surface area contributed by atoms with Gasteiger partial charge in [0.05, 0.1) is 12.2 Å². The molecule has 3 heterocycles. The summed E-state index contributed by atoms with van der Waals surface area (Å²) in [6, 6.07) is 15.1. The third-order valence-corrected chi connectivity index (χ3v) is 5.30. The molecule has 1 saturated heterocycles. The van der Waals surface area contributed by atoms with Crippen LogP contribution in [0.5, 0.6) is 5.75 Å². The molecule has 1 aliphatic rings. The Balaban J connectivity index is 1.31. The van der Waals surface area contributed by atoms with Crippen LogP contribution in [0.25, 0.3) is 5.52 Å². The monoisotopic (exact) mass is 391 g/mol. The topological polar surface area (TPSA) is 63.0 Å². The highest BCUT2D eigenvalue weighted by molar-refractivity contribution is 5.96. The number of nitrogens with zero attached hydrogens (tertiary/aromatic N) is 2. The van der Waals surface area contributed by atoms with Crippen molar-refractivity contribution in [2.45, 2.75) is 25.8 Å². The van der Waals surface area contributed by atoms with E-state index in [0.717, 1.165) is 24.1 Å². The van der Waals surface area contributed by atoms with Gasteiger partial charge in [-0.15, -0.1) is 0 Å². The third-order valence-electron chi connectivity index (χ3n) is 5.30. The zero-order valence-electron chi connectivity index (χ0n) is 16.5. The molecule has 0 unspecified atom stereocenters. The maximum atomic E-state index is 12.7. The van der Waals surface area contributed by atoms with Crippen LogP contribution in [0.2, 0.25) is 0 Å². The number of benzene rings is 1. The van der Waals surface area contributed by atoms with E-state index in [1.807, 2.05) is 65.0 Å². The van der Waals surface area contributed by atoms with Crippen LogP contribution in [0.1, 0.15) is 40.5 Å². The van der Waals surface area contributed by atoms with E-state index in [4.69, 9.17) is 4.74 Å². The number of carbonyl (C=O) groups is 2. The van der Waals surface area contributed by atoms with Crippen LogP contribution in [0, 0.1) is 0 Å². The van der Waals surface area contributed by atoms with Crippen LogP contribution in [0.15, 0.2) is 60.9 Å². The molecular weight excluding hydrogens is 366 g/mol. The number of fused-ring (bicyclic) bond motifs is 1. The normalized spacial score (nSPS) is 14.7. The number of nitrogens with one attached hydrogen (secondary N) is 1. The lowest BCUT2D eigenvalue weighted by molar-refractivity contribution is 0.0698. The minimum absolute atomic E-state index is 0.0245. The molecule has 6 nitrogen and oxygen atoms in total. The van der Waals surface area contributed by atoms with Crippen molar-refractivity contribution < 1.29 is 14.3 Å². The first kappa shape index (κ1) is 19.1. The van der Waals surface area contributed by atoms with Crippen molar-refractivity contribution in [1.29, 1.82) is 0 Å². The predicted molar refractivity (Wildman–Crippen MR) is 111 cm³/mol. The molecule has 0 radical (unpaired) electrons. The van der Waals surface area contributed by atoms with Crippen molar-refractivity contribution in [3.05, 3.63) is 72.1 Å². The van der Waals surface area contributed by atoms with Crippen LogP contribution >= 0.6 is 0 Å². The predicted octanol–water partition coefficient (Wildman–Crippen LogP) is 3.37. The number of piperidine rings is 1. The SMILES string of the molecule is CCOc1ccc(C(=O)N2CCC(NC(=O)c3cc4ccccn4c3)CC2)cc1. The second kappa shape index (κ2) is 8.39. The second-order valence-corrected chi connectivity index (χ2v) is 7.26. The van der Waals surface area contributed by atoms with Gasteiger partial charge in [0.15, 0.2) is 0 Å². The van der Waals surface area contributed by atoms with Crippen LogP contribution in [0.3, 0.4) is 0 Å². The molecule has 1 aromatic carbocycles. The molecule has 0 spiro atoms. The van der Waals surface area contributed by atoms with Gasteiger partial charge in [0.2, 0.25) is 0 Å². The molecule has 0 saturated carbocycles. The van der Waals surface area contributed by atoms with Gasteiger partial charge in [0.1, 0.15) is 5.75 Å². The lowest BCUT2D eigenvalue weighted by atomic mass is 10.0. The van der Waals surface area contributed by atoms with Crippen LogP contribution in [-0.4, -0.2) is 46.9 Å². The number of likely N-dealkylation sites (tertiary alicyclic amines) is 1. The van der Waals surface area contributed by atoms with Gasteiger partial charge >= 0.3 is 0 Å². The van der Waals surface area contributed by atoms with E-state index >= 15 is 0 Å². The van der Waals surface area contributed by atoms with Crippen molar-refractivity contribution in [3.63, 3.8) is 0 Å². The summed E-state index contributed by atoms with van der Waals surface area (Å²) >= 11 is 0. The molecule has 0 bridgehead atoms. The van der Waals surface area contributed by atoms with E-state index in [9.17, 15) is 9.59 Å². The van der Waals surface area contributed by atoms with E-state index in [0.29, 0.717) is 30.8 Å². The number of pyridine rings is 1. The van der Waals surface area contributed by atoms with E-state index in [2.05, 4.69) is 5.32 Å². The summed E-state index contributed by atoms with van der Waals surface area (Å²) in [6.07, 6.45) is 5.27. The molecule has 6 heteroatoms. The highest BCUT2D eigenvalue weighted by Crippen LogP contribution is 2.18. The maximum Gasteiger partial charge on any atom is 0.253 e. The Kier molecular flexibility index (Phi) is 5.51. The minimum Gasteiger partial charge on any atom is -0.494 e. The van der Waals surface area contributed by atoms with Crippen LogP contribution in [-0.2, 0) is 0 Å². The van der Waals surface area contributed by atoms with Gasteiger partial charge in [-0.25, -0.2) is 0 Å². The zero-order valence-corrected chi connectivity index (χ0v) is 16.5. The highest BCUT2D eigenvalue weighted by Gasteiger charge is 2.25. The summed E-state index contributed by atoms with van der Waals surface area (Å²) in [6.45, 7) is 3.80. The molecule has 150 valence electrons. The average molecular weight is 391 g/mol. The fourth-order valence-electron chi connectivity index (χ4n) is 3.72. The molecule has 4 rings (SSSR count). The second-order valence-electron chi connectivity index (χ2n) is 7.26. The molecule has 3 aromatic rings. The first-order chi connectivity index (χ1) is 14.1. The van der Waals surface area contributed by atoms with Crippen LogP contribution in [0.4, 0.5) is 0 Å². The molecule has 0 aliphatic carbocycles. The van der Waals surface area contributed by atoms with Gasteiger partial charge in [-0.2, -0.15) is 0 Å². The first-order valence-corrected chi connectivity index (χ1v) is 10.0. The Bertz CT molecular complexity index is 969. The number of carbonyl (C=O) groups excluding carboxylic acids is 2. The fraction of sp³-hybridized carbons (Fsp3) is 0.304. The van der Waals surface area contributed by atoms with Gasteiger partial charge in [-0.05, 0) is 62.2 Å². The molecule has 2 amide bonds. The lowest BCUT2D eigenvalue weighted by Gasteiger charge is -2.32. The number of amides is 2. The first-order valence-electron chi connectivity index (χ1n) is 10.0. The maximum absolute atomic E-state index is 12.7. The van der Waals surface area contributed by atoms with Gasteiger partial charge in [0, 0.05) is 42.6 Å². The fourth-order valence-corrected chi connectivity index (χ4v) is 3.72. The number of hydrogen-bond donors (Lipinski definition) is 1. The summed E-state index contributed by atoms with van der Waals surface area (Å²) in [4.78, 5) is 27.2. The number of aromatic nitrogens is 1. The average Bonchev–Trinajstić information content (AvgIpc) is 3.19. The largest absolute Gasteiger partial charge is 0.494 e. The summed E-state index contributed by atoms with van der Waals surface area (Å²) in [7, 11) is 0. The zero-order chi connectivity index (χ0) is 20.2. The molecule has 1 N–H and O–H groups in total. The van der Waals surface area contributed by atoms with Gasteiger partial charge in [-0.3, -0.25) is 9.59 Å². The lowest BCUT2D eigenvalue weighted by Crippen LogP contribution is -2.46. The van der Waals surface area contributed by atoms with E-state index in [1.165, 1.54) is 0 Å². The molecule has 1 aliphatic heterocycles. The van der Waals surface area contributed by atoms with Gasteiger partial charge < -0.3 is 19.4 Å². The smallest absolute Gasteiger partial charge is 0.253 e. The van der Waals surface area contributed by atoms with Crippen molar-refractivity contribution in [2.75, 3.05) is 19.7 Å². The number of hydrogen-bond acceptors (Lipinski definition) is 3. The molecule has 1 fully saturated rings. The quantitative estimate of drug-likeness (QED) is 0.725. The Morgan fingerprint density at radius 3 is 2.52 bits per heavy atom. The molecule has 0 atom stereocenters.